The second-order valence-corrected chi connectivity index (χ2v) is 4.07. The van der Waals surface area contributed by atoms with E-state index in [4.69, 9.17) is 0 Å². The van der Waals surface area contributed by atoms with Crippen molar-refractivity contribution in [1.29, 1.82) is 0 Å². The van der Waals surface area contributed by atoms with Gasteiger partial charge in [0.15, 0.2) is 5.78 Å². The van der Waals surface area contributed by atoms with Crippen LogP contribution in [0.15, 0.2) is 11.4 Å². The van der Waals surface area contributed by atoms with E-state index < -0.39 is 0 Å². The van der Waals surface area contributed by atoms with E-state index in [0.29, 0.717) is 17.2 Å². The van der Waals surface area contributed by atoms with Gasteiger partial charge < -0.3 is 5.11 Å². The summed E-state index contributed by atoms with van der Waals surface area (Å²) in [6.07, 6.45) is 0.508. The Kier molecular flexibility index (Phi) is 2.87. The Hall–Kier alpha value is -0.830. The summed E-state index contributed by atoms with van der Waals surface area (Å²) in [6.45, 7) is 3.98. The summed E-state index contributed by atoms with van der Waals surface area (Å²) in [4.78, 5) is 11.9. The fourth-order valence-electron chi connectivity index (χ4n) is 0.975. The van der Waals surface area contributed by atoms with E-state index in [-0.39, 0.29) is 11.5 Å². The van der Waals surface area contributed by atoms with E-state index in [1.165, 1.54) is 11.3 Å². The van der Waals surface area contributed by atoms with Crippen molar-refractivity contribution < 1.29 is 9.90 Å². The van der Waals surface area contributed by atoms with Crippen LogP contribution in [-0.2, 0) is 0 Å². The topological polar surface area (TPSA) is 37.3 Å². The van der Waals surface area contributed by atoms with Crippen LogP contribution in [0.2, 0.25) is 0 Å². The van der Waals surface area contributed by atoms with Gasteiger partial charge >= 0.3 is 0 Å². The number of rotatable bonds is 3. The molecule has 66 valence electrons. The minimum Gasteiger partial charge on any atom is -0.506 e. The molecule has 0 aliphatic carbocycles. The largest absolute Gasteiger partial charge is 0.506 e. The lowest BCUT2D eigenvalue weighted by Crippen LogP contribution is -2.01. The van der Waals surface area contributed by atoms with E-state index in [1.54, 1.807) is 11.4 Å². The molecule has 0 aromatic carbocycles. The molecule has 0 unspecified atom stereocenters. The van der Waals surface area contributed by atoms with E-state index in [9.17, 15) is 9.90 Å². The van der Waals surface area contributed by atoms with Crippen LogP contribution >= 0.6 is 11.3 Å². The molecule has 0 saturated carbocycles. The number of thiophene rings is 1. The van der Waals surface area contributed by atoms with Crippen LogP contribution in [0.3, 0.4) is 0 Å². The van der Waals surface area contributed by atoms with Gasteiger partial charge in [-0.05, 0) is 17.4 Å². The van der Waals surface area contributed by atoms with Gasteiger partial charge in [0.2, 0.25) is 0 Å². The summed E-state index contributed by atoms with van der Waals surface area (Å²) in [7, 11) is 0. The zero-order chi connectivity index (χ0) is 9.14. The number of Topliss-reactive ketones (excluding diaryl/α,β-unsaturated/α-hetero) is 1. The number of ketones is 1. The van der Waals surface area contributed by atoms with Gasteiger partial charge in [-0.1, -0.05) is 13.8 Å². The van der Waals surface area contributed by atoms with Gasteiger partial charge in [-0.25, -0.2) is 0 Å². The quantitative estimate of drug-likeness (QED) is 0.733. The lowest BCUT2D eigenvalue weighted by molar-refractivity contribution is 0.0969. The number of carbonyl (C=O) groups is 1. The predicted octanol–water partition coefficient (Wildman–Crippen LogP) is 2.68. The molecular weight excluding hydrogens is 172 g/mol. The predicted molar refractivity (Wildman–Crippen MR) is 49.8 cm³/mol. The second kappa shape index (κ2) is 3.72. The molecule has 0 aliphatic rings. The molecule has 12 heavy (non-hydrogen) atoms. The average Bonchev–Trinajstić information content (AvgIpc) is 2.33. The highest BCUT2D eigenvalue weighted by Gasteiger charge is 2.13. The van der Waals surface area contributed by atoms with E-state index in [2.05, 4.69) is 0 Å². The number of aromatic hydroxyl groups is 1. The average molecular weight is 184 g/mol. The van der Waals surface area contributed by atoms with Gasteiger partial charge in [-0.15, -0.1) is 11.3 Å². The molecule has 0 atom stereocenters. The van der Waals surface area contributed by atoms with Crippen LogP contribution in [0.5, 0.6) is 5.75 Å². The number of hydrogen-bond acceptors (Lipinski definition) is 3. The first-order chi connectivity index (χ1) is 5.61. The third-order valence-electron chi connectivity index (χ3n) is 1.49. The van der Waals surface area contributed by atoms with Crippen molar-refractivity contribution in [3.63, 3.8) is 0 Å². The SMILES string of the molecule is CC(C)CC(=O)c1sccc1O. The van der Waals surface area contributed by atoms with Gasteiger partial charge in [0.05, 0.1) is 0 Å². The first kappa shape index (κ1) is 9.26. The van der Waals surface area contributed by atoms with Crippen molar-refractivity contribution in [2.75, 3.05) is 0 Å². The lowest BCUT2D eigenvalue weighted by Gasteiger charge is -2.01. The van der Waals surface area contributed by atoms with Gasteiger partial charge in [0, 0.05) is 6.42 Å². The summed E-state index contributed by atoms with van der Waals surface area (Å²) in [5, 5.41) is 10.9. The van der Waals surface area contributed by atoms with Crippen LogP contribution < -0.4 is 0 Å². The molecule has 0 bridgehead atoms. The van der Waals surface area contributed by atoms with Crippen LogP contribution in [0.25, 0.3) is 0 Å². The molecule has 0 fully saturated rings. The van der Waals surface area contributed by atoms with Crippen molar-refractivity contribution in [3.8, 4) is 5.75 Å². The van der Waals surface area contributed by atoms with Gasteiger partial charge in [-0.2, -0.15) is 0 Å². The maximum absolute atomic E-state index is 11.4. The Bertz CT molecular complexity index is 276. The zero-order valence-corrected chi connectivity index (χ0v) is 8.02. The molecular formula is C9H12O2S. The Morgan fingerprint density at radius 3 is 2.75 bits per heavy atom. The number of hydrogen-bond donors (Lipinski definition) is 1. The fourth-order valence-corrected chi connectivity index (χ4v) is 1.71. The van der Waals surface area contributed by atoms with E-state index in [0.717, 1.165) is 0 Å². The van der Waals surface area contributed by atoms with Gasteiger partial charge in [0.25, 0.3) is 0 Å². The standard InChI is InChI=1S/C9H12O2S/c1-6(2)5-8(11)9-7(10)3-4-12-9/h3-4,6,10H,5H2,1-2H3. The summed E-state index contributed by atoms with van der Waals surface area (Å²) < 4.78 is 0. The fraction of sp³-hybridized carbons (Fsp3) is 0.444. The van der Waals surface area contributed by atoms with Crippen LogP contribution in [0.4, 0.5) is 0 Å². The third-order valence-corrected chi connectivity index (χ3v) is 2.44. The summed E-state index contributed by atoms with van der Waals surface area (Å²) in [5.74, 6) is 0.502. The first-order valence-electron chi connectivity index (χ1n) is 3.91. The van der Waals surface area contributed by atoms with Crippen LogP contribution in [0, 0.1) is 5.92 Å². The molecule has 0 saturated heterocycles. The molecule has 1 aromatic rings. The summed E-state index contributed by atoms with van der Waals surface area (Å²) in [5.41, 5.74) is 0. The van der Waals surface area contributed by atoms with Crippen molar-refractivity contribution in [2.45, 2.75) is 20.3 Å². The maximum Gasteiger partial charge on any atom is 0.176 e. The molecule has 0 aliphatic heterocycles. The molecule has 0 radical (unpaired) electrons. The van der Waals surface area contributed by atoms with Crippen molar-refractivity contribution in [3.05, 3.63) is 16.3 Å². The van der Waals surface area contributed by atoms with Gasteiger partial charge in [0.1, 0.15) is 10.6 Å². The van der Waals surface area contributed by atoms with E-state index >= 15 is 0 Å². The van der Waals surface area contributed by atoms with Gasteiger partial charge in [-0.3, -0.25) is 4.79 Å². The highest BCUT2D eigenvalue weighted by Crippen LogP contribution is 2.25. The highest BCUT2D eigenvalue weighted by molar-refractivity contribution is 7.12. The Labute approximate surface area is 75.9 Å². The van der Waals surface area contributed by atoms with Crippen molar-refractivity contribution in [2.24, 2.45) is 5.92 Å². The number of carbonyl (C=O) groups excluding carboxylic acids is 1. The molecule has 0 amide bonds. The Morgan fingerprint density at radius 2 is 2.33 bits per heavy atom. The van der Waals surface area contributed by atoms with Crippen LogP contribution in [-0.4, -0.2) is 10.9 Å². The summed E-state index contributed by atoms with van der Waals surface area (Å²) >= 11 is 1.30. The highest BCUT2D eigenvalue weighted by atomic mass is 32.1. The Balaban J connectivity index is 2.72. The normalized spacial score (nSPS) is 10.6. The Morgan fingerprint density at radius 1 is 1.67 bits per heavy atom. The van der Waals surface area contributed by atoms with Crippen molar-refractivity contribution >= 4 is 17.1 Å². The molecule has 2 nitrogen and oxygen atoms in total. The maximum atomic E-state index is 11.4. The lowest BCUT2D eigenvalue weighted by atomic mass is 10.1. The zero-order valence-electron chi connectivity index (χ0n) is 7.20. The molecule has 1 rings (SSSR count). The second-order valence-electron chi connectivity index (χ2n) is 3.16. The molecule has 3 heteroatoms. The third kappa shape index (κ3) is 2.08. The molecule has 0 spiro atoms. The van der Waals surface area contributed by atoms with Crippen LogP contribution in [0.1, 0.15) is 29.9 Å². The molecule has 1 heterocycles. The summed E-state index contributed by atoms with van der Waals surface area (Å²) in [6, 6.07) is 1.55. The minimum absolute atomic E-state index is 0.0394. The first-order valence-corrected chi connectivity index (χ1v) is 4.79. The monoisotopic (exact) mass is 184 g/mol. The smallest absolute Gasteiger partial charge is 0.176 e. The molecule has 1 aromatic heterocycles. The van der Waals surface area contributed by atoms with Crippen molar-refractivity contribution in [1.82, 2.24) is 0 Å². The van der Waals surface area contributed by atoms with E-state index in [1.807, 2.05) is 13.8 Å². The minimum atomic E-state index is 0.0394. The molecule has 1 N–H and O–H groups in total.